The van der Waals surface area contributed by atoms with Crippen LogP contribution in [-0.2, 0) is 6.54 Å². The van der Waals surface area contributed by atoms with E-state index >= 15 is 0 Å². The lowest BCUT2D eigenvalue weighted by atomic mass is 10.1. The molecule has 0 amide bonds. The van der Waals surface area contributed by atoms with E-state index in [1.807, 2.05) is 0 Å². The summed E-state index contributed by atoms with van der Waals surface area (Å²) in [6, 6.07) is 7.42. The van der Waals surface area contributed by atoms with E-state index in [0.29, 0.717) is 0 Å². The SMILES string of the molecule is CN(c1ccc(CNC(C)(C)C)cc1Br)C1CC1. The number of halogens is 1. The van der Waals surface area contributed by atoms with Crippen molar-refractivity contribution < 1.29 is 0 Å². The molecule has 0 heterocycles. The van der Waals surface area contributed by atoms with Gasteiger partial charge in [0.25, 0.3) is 0 Å². The Morgan fingerprint density at radius 1 is 1.33 bits per heavy atom. The van der Waals surface area contributed by atoms with Crippen LogP contribution in [-0.4, -0.2) is 18.6 Å². The normalized spacial score (nSPS) is 15.8. The Morgan fingerprint density at radius 3 is 2.50 bits per heavy atom. The predicted octanol–water partition coefficient (Wildman–Crippen LogP) is 3.94. The minimum atomic E-state index is 0.163. The van der Waals surface area contributed by atoms with Gasteiger partial charge in [0.2, 0.25) is 0 Å². The van der Waals surface area contributed by atoms with Gasteiger partial charge in [0.05, 0.1) is 5.69 Å². The monoisotopic (exact) mass is 310 g/mol. The topological polar surface area (TPSA) is 15.3 Å². The zero-order valence-corrected chi connectivity index (χ0v) is 13.3. The highest BCUT2D eigenvalue weighted by Crippen LogP contribution is 2.34. The van der Waals surface area contributed by atoms with E-state index in [-0.39, 0.29) is 5.54 Å². The molecule has 1 aliphatic carbocycles. The van der Waals surface area contributed by atoms with Crippen LogP contribution in [0.4, 0.5) is 5.69 Å². The summed E-state index contributed by atoms with van der Waals surface area (Å²) in [4.78, 5) is 2.38. The Balaban J connectivity index is 2.04. The molecule has 0 radical (unpaired) electrons. The summed E-state index contributed by atoms with van der Waals surface area (Å²) >= 11 is 3.69. The number of nitrogens with zero attached hydrogens (tertiary/aromatic N) is 1. The molecule has 1 fully saturated rings. The summed E-state index contributed by atoms with van der Waals surface area (Å²) in [5.74, 6) is 0. The molecule has 0 saturated heterocycles. The van der Waals surface area contributed by atoms with Crippen LogP contribution in [0.1, 0.15) is 39.2 Å². The van der Waals surface area contributed by atoms with Gasteiger partial charge in [-0.1, -0.05) is 6.07 Å². The molecule has 0 aliphatic heterocycles. The van der Waals surface area contributed by atoms with Gasteiger partial charge in [-0.25, -0.2) is 0 Å². The fraction of sp³-hybridized carbons (Fsp3) is 0.600. The average Bonchev–Trinajstić information content (AvgIpc) is 3.08. The maximum Gasteiger partial charge on any atom is 0.0510 e. The molecule has 1 aromatic rings. The van der Waals surface area contributed by atoms with E-state index in [4.69, 9.17) is 0 Å². The van der Waals surface area contributed by atoms with Crippen LogP contribution in [0.25, 0.3) is 0 Å². The number of hydrogen-bond acceptors (Lipinski definition) is 2. The van der Waals surface area contributed by atoms with Crippen LogP contribution in [0, 0.1) is 0 Å². The summed E-state index contributed by atoms with van der Waals surface area (Å²) < 4.78 is 1.20. The smallest absolute Gasteiger partial charge is 0.0510 e. The van der Waals surface area contributed by atoms with Crippen LogP contribution in [0.5, 0.6) is 0 Å². The van der Waals surface area contributed by atoms with Crippen LogP contribution in [0.15, 0.2) is 22.7 Å². The van der Waals surface area contributed by atoms with Gasteiger partial charge in [-0.3, -0.25) is 0 Å². The molecule has 0 unspecified atom stereocenters. The molecule has 1 saturated carbocycles. The first-order chi connectivity index (χ1) is 8.37. The van der Waals surface area contributed by atoms with Crippen molar-refractivity contribution in [2.24, 2.45) is 0 Å². The Kier molecular flexibility index (Phi) is 4.02. The van der Waals surface area contributed by atoms with Crippen LogP contribution >= 0.6 is 15.9 Å². The second kappa shape index (κ2) is 5.22. The van der Waals surface area contributed by atoms with Crippen molar-refractivity contribution >= 4 is 21.6 Å². The van der Waals surface area contributed by atoms with E-state index in [1.54, 1.807) is 0 Å². The number of rotatable bonds is 4. The highest BCUT2D eigenvalue weighted by Gasteiger charge is 2.27. The van der Waals surface area contributed by atoms with Crippen molar-refractivity contribution in [2.75, 3.05) is 11.9 Å². The lowest BCUT2D eigenvalue weighted by Crippen LogP contribution is -2.35. The Bertz CT molecular complexity index is 419. The maximum absolute atomic E-state index is 3.69. The molecule has 1 N–H and O–H groups in total. The Hall–Kier alpha value is -0.540. The summed E-state index contributed by atoms with van der Waals surface area (Å²) in [6.07, 6.45) is 2.66. The van der Waals surface area contributed by atoms with E-state index in [0.717, 1.165) is 12.6 Å². The van der Waals surface area contributed by atoms with Gasteiger partial charge in [-0.05, 0) is 67.2 Å². The van der Waals surface area contributed by atoms with Crippen molar-refractivity contribution in [3.63, 3.8) is 0 Å². The first-order valence-electron chi connectivity index (χ1n) is 6.63. The maximum atomic E-state index is 3.69. The highest BCUT2D eigenvalue weighted by atomic mass is 79.9. The summed E-state index contributed by atoms with van der Waals surface area (Å²) in [5.41, 5.74) is 2.79. The summed E-state index contributed by atoms with van der Waals surface area (Å²) in [7, 11) is 2.19. The molecule has 1 aromatic carbocycles. The van der Waals surface area contributed by atoms with Crippen LogP contribution < -0.4 is 10.2 Å². The average molecular weight is 311 g/mol. The van der Waals surface area contributed by atoms with Gasteiger partial charge in [0.1, 0.15) is 0 Å². The lowest BCUT2D eigenvalue weighted by Gasteiger charge is -2.23. The third kappa shape index (κ3) is 3.72. The molecular formula is C15H23BrN2. The van der Waals surface area contributed by atoms with E-state index in [1.165, 1.54) is 28.6 Å². The third-order valence-electron chi connectivity index (χ3n) is 3.31. The largest absolute Gasteiger partial charge is 0.371 e. The van der Waals surface area contributed by atoms with Crippen molar-refractivity contribution in [3.8, 4) is 0 Å². The highest BCUT2D eigenvalue weighted by molar-refractivity contribution is 9.10. The van der Waals surface area contributed by atoms with Crippen molar-refractivity contribution in [2.45, 2.75) is 51.7 Å². The third-order valence-corrected chi connectivity index (χ3v) is 3.94. The molecular weight excluding hydrogens is 288 g/mol. The lowest BCUT2D eigenvalue weighted by molar-refractivity contribution is 0.424. The van der Waals surface area contributed by atoms with E-state index < -0.39 is 0 Å². The predicted molar refractivity (Wildman–Crippen MR) is 82.2 cm³/mol. The van der Waals surface area contributed by atoms with Gasteiger partial charge < -0.3 is 10.2 Å². The van der Waals surface area contributed by atoms with Crippen molar-refractivity contribution in [1.29, 1.82) is 0 Å². The first kappa shape index (κ1) is 13.9. The second-order valence-corrected chi connectivity index (χ2v) is 7.09. The fourth-order valence-electron chi connectivity index (χ4n) is 1.97. The quantitative estimate of drug-likeness (QED) is 0.906. The Labute approximate surface area is 119 Å². The van der Waals surface area contributed by atoms with Crippen molar-refractivity contribution in [3.05, 3.63) is 28.2 Å². The molecule has 0 aromatic heterocycles. The summed E-state index contributed by atoms with van der Waals surface area (Å²) in [5, 5.41) is 3.51. The van der Waals surface area contributed by atoms with Gasteiger partial charge >= 0.3 is 0 Å². The second-order valence-electron chi connectivity index (χ2n) is 6.23. The molecule has 18 heavy (non-hydrogen) atoms. The zero-order chi connectivity index (χ0) is 13.3. The molecule has 0 spiro atoms. The minimum Gasteiger partial charge on any atom is -0.371 e. The number of nitrogens with one attached hydrogen (secondary N) is 1. The molecule has 2 rings (SSSR count). The van der Waals surface area contributed by atoms with Gasteiger partial charge in [0.15, 0.2) is 0 Å². The first-order valence-corrected chi connectivity index (χ1v) is 7.42. The molecule has 3 heteroatoms. The van der Waals surface area contributed by atoms with Gasteiger partial charge in [-0.15, -0.1) is 0 Å². The Morgan fingerprint density at radius 2 is 2.00 bits per heavy atom. The number of anilines is 1. The van der Waals surface area contributed by atoms with Gasteiger partial charge in [-0.2, -0.15) is 0 Å². The number of hydrogen-bond donors (Lipinski definition) is 1. The minimum absolute atomic E-state index is 0.163. The molecule has 0 atom stereocenters. The fourth-order valence-corrected chi connectivity index (χ4v) is 2.68. The van der Waals surface area contributed by atoms with E-state index in [2.05, 4.69) is 72.2 Å². The number of benzene rings is 1. The molecule has 1 aliphatic rings. The molecule has 0 bridgehead atoms. The summed E-state index contributed by atoms with van der Waals surface area (Å²) in [6.45, 7) is 7.49. The van der Waals surface area contributed by atoms with Crippen LogP contribution in [0.3, 0.4) is 0 Å². The molecule has 2 nitrogen and oxygen atoms in total. The van der Waals surface area contributed by atoms with Crippen molar-refractivity contribution in [1.82, 2.24) is 5.32 Å². The van der Waals surface area contributed by atoms with Gasteiger partial charge in [0, 0.05) is 29.6 Å². The standard InChI is InChI=1S/C15H23BrN2/c1-15(2,3)17-10-11-5-8-14(13(16)9-11)18(4)12-6-7-12/h5,8-9,12,17H,6-7,10H2,1-4H3. The van der Waals surface area contributed by atoms with Crippen LogP contribution in [0.2, 0.25) is 0 Å². The molecule has 100 valence electrons. The van der Waals surface area contributed by atoms with E-state index in [9.17, 15) is 0 Å². The zero-order valence-electron chi connectivity index (χ0n) is 11.8.